The number of ether oxygens (including phenoxy) is 1. The molecule has 150 valence electrons. The number of carbonyl (C=O) groups excluding carboxylic acids is 2. The Morgan fingerprint density at radius 3 is 2.67 bits per heavy atom. The number of hydrogen-bond acceptors (Lipinski definition) is 4. The van der Waals surface area contributed by atoms with Gasteiger partial charge in [-0.3, -0.25) is 14.5 Å². The summed E-state index contributed by atoms with van der Waals surface area (Å²) in [5, 5.41) is 5.90. The minimum absolute atomic E-state index is 0.00698. The van der Waals surface area contributed by atoms with Crippen LogP contribution in [-0.4, -0.2) is 55.0 Å². The average molecular weight is 376 g/mol. The smallest absolute Gasteiger partial charge is 0.221 e. The Hall–Kier alpha value is -2.08. The van der Waals surface area contributed by atoms with Gasteiger partial charge in [0.1, 0.15) is 5.75 Å². The Morgan fingerprint density at radius 2 is 1.96 bits per heavy atom. The van der Waals surface area contributed by atoms with E-state index in [0.717, 1.165) is 30.6 Å². The number of amides is 2. The van der Waals surface area contributed by atoms with Gasteiger partial charge in [-0.15, -0.1) is 0 Å². The number of likely N-dealkylation sites (N-methyl/N-ethyl adjacent to an activating group) is 1. The zero-order valence-electron chi connectivity index (χ0n) is 17.0. The van der Waals surface area contributed by atoms with Crippen LogP contribution in [0, 0.1) is 0 Å². The van der Waals surface area contributed by atoms with Crippen LogP contribution in [0.4, 0.5) is 0 Å². The van der Waals surface area contributed by atoms with E-state index in [1.165, 1.54) is 6.92 Å². The number of nitrogens with zero attached hydrogens (tertiary/aromatic N) is 1. The van der Waals surface area contributed by atoms with Gasteiger partial charge in [-0.25, -0.2) is 0 Å². The first kappa shape index (κ1) is 21.2. The Kier molecular flexibility index (Phi) is 8.10. The molecule has 27 heavy (non-hydrogen) atoms. The molecule has 1 aliphatic heterocycles. The third-order valence-corrected chi connectivity index (χ3v) is 5.00. The number of nitrogens with one attached hydrogen (secondary N) is 2. The second kappa shape index (κ2) is 10.3. The van der Waals surface area contributed by atoms with Crippen molar-refractivity contribution in [3.8, 4) is 5.75 Å². The molecule has 2 amide bonds. The van der Waals surface area contributed by atoms with Gasteiger partial charge in [-0.05, 0) is 57.9 Å². The van der Waals surface area contributed by atoms with Crippen LogP contribution in [0.1, 0.15) is 45.6 Å². The largest absolute Gasteiger partial charge is 0.491 e. The summed E-state index contributed by atoms with van der Waals surface area (Å²) in [5.74, 6) is 0.945. The van der Waals surface area contributed by atoms with Crippen LogP contribution in [-0.2, 0) is 16.0 Å². The van der Waals surface area contributed by atoms with Crippen LogP contribution < -0.4 is 15.4 Å². The van der Waals surface area contributed by atoms with E-state index in [-0.39, 0.29) is 24.0 Å². The van der Waals surface area contributed by atoms with Crippen molar-refractivity contribution in [3.05, 3.63) is 29.8 Å². The molecule has 6 heteroatoms. The first-order chi connectivity index (χ1) is 12.8. The summed E-state index contributed by atoms with van der Waals surface area (Å²) in [6, 6.07) is 8.58. The lowest BCUT2D eigenvalue weighted by Crippen LogP contribution is -2.42. The van der Waals surface area contributed by atoms with Crippen LogP contribution >= 0.6 is 0 Å². The predicted molar refractivity (Wildman–Crippen MR) is 107 cm³/mol. The van der Waals surface area contributed by atoms with Crippen LogP contribution in [0.5, 0.6) is 5.75 Å². The molecular weight excluding hydrogens is 342 g/mol. The molecule has 0 spiro atoms. The SMILES string of the molecule is CC(=O)NC[C@H]1CC[C@@H](CC(=O)NCCc2cccc(OC(C)C)c2)N1C. The monoisotopic (exact) mass is 375 g/mol. The lowest BCUT2D eigenvalue weighted by atomic mass is 10.1. The van der Waals surface area contributed by atoms with Crippen LogP contribution in [0.2, 0.25) is 0 Å². The van der Waals surface area contributed by atoms with Crippen LogP contribution in [0.25, 0.3) is 0 Å². The highest BCUT2D eigenvalue weighted by Crippen LogP contribution is 2.24. The fourth-order valence-electron chi connectivity index (χ4n) is 3.52. The first-order valence-electron chi connectivity index (χ1n) is 9.83. The standard InChI is InChI=1S/C21H33N3O3/c1-15(2)27-20-7-5-6-17(12-20)10-11-22-21(26)13-18-8-9-19(24(18)4)14-23-16(3)25/h5-7,12,15,18-19H,8-11,13-14H2,1-4H3,(H,22,26)(H,23,25)/t18-,19+/m0/s1. The average Bonchev–Trinajstić information content (AvgIpc) is 2.93. The fraction of sp³-hybridized carbons (Fsp3) is 0.619. The zero-order valence-corrected chi connectivity index (χ0v) is 17.0. The topological polar surface area (TPSA) is 70.7 Å². The van der Waals surface area contributed by atoms with Crippen molar-refractivity contribution in [1.82, 2.24) is 15.5 Å². The summed E-state index contributed by atoms with van der Waals surface area (Å²) < 4.78 is 5.71. The minimum atomic E-state index is -0.00698. The highest BCUT2D eigenvalue weighted by molar-refractivity contribution is 5.76. The Bertz CT molecular complexity index is 633. The van der Waals surface area contributed by atoms with E-state index in [4.69, 9.17) is 4.74 Å². The fourth-order valence-corrected chi connectivity index (χ4v) is 3.52. The maximum absolute atomic E-state index is 12.3. The third-order valence-electron chi connectivity index (χ3n) is 5.00. The predicted octanol–water partition coefficient (Wildman–Crippen LogP) is 2.12. The summed E-state index contributed by atoms with van der Waals surface area (Å²) in [6.07, 6.45) is 3.44. The summed E-state index contributed by atoms with van der Waals surface area (Å²) in [6.45, 7) is 6.82. The van der Waals surface area contributed by atoms with Gasteiger partial charge < -0.3 is 15.4 Å². The van der Waals surface area contributed by atoms with Crippen molar-refractivity contribution in [2.75, 3.05) is 20.1 Å². The Morgan fingerprint density at radius 1 is 1.22 bits per heavy atom. The van der Waals surface area contributed by atoms with Gasteiger partial charge in [-0.2, -0.15) is 0 Å². The van der Waals surface area contributed by atoms with Gasteiger partial charge in [-0.1, -0.05) is 12.1 Å². The molecule has 6 nitrogen and oxygen atoms in total. The van der Waals surface area contributed by atoms with E-state index in [1.807, 2.05) is 39.1 Å². The molecule has 2 N–H and O–H groups in total. The molecule has 1 aliphatic rings. The second-order valence-electron chi connectivity index (χ2n) is 7.61. The molecule has 0 radical (unpaired) electrons. The first-order valence-corrected chi connectivity index (χ1v) is 9.83. The summed E-state index contributed by atoms with van der Waals surface area (Å²) in [4.78, 5) is 25.6. The molecule has 1 aromatic rings. The van der Waals surface area contributed by atoms with E-state index >= 15 is 0 Å². The Labute approximate surface area is 162 Å². The normalized spacial score (nSPS) is 19.9. The Balaban J connectivity index is 1.71. The van der Waals surface area contributed by atoms with Gasteiger partial charge >= 0.3 is 0 Å². The molecule has 2 atom stereocenters. The van der Waals surface area contributed by atoms with Gasteiger partial charge in [0, 0.05) is 38.5 Å². The molecule has 0 unspecified atom stereocenters. The summed E-state index contributed by atoms with van der Waals surface area (Å²) >= 11 is 0. The van der Waals surface area contributed by atoms with E-state index in [9.17, 15) is 9.59 Å². The second-order valence-corrected chi connectivity index (χ2v) is 7.61. The molecule has 2 rings (SSSR count). The van der Waals surface area contributed by atoms with E-state index in [1.54, 1.807) is 0 Å². The lowest BCUT2D eigenvalue weighted by molar-refractivity contribution is -0.122. The lowest BCUT2D eigenvalue weighted by Gasteiger charge is -2.25. The van der Waals surface area contributed by atoms with Crippen LogP contribution in [0.15, 0.2) is 24.3 Å². The van der Waals surface area contributed by atoms with Crippen molar-refractivity contribution in [2.45, 2.75) is 64.6 Å². The molecule has 0 aliphatic carbocycles. The molecule has 0 saturated carbocycles. The van der Waals surface area contributed by atoms with Crippen molar-refractivity contribution in [3.63, 3.8) is 0 Å². The number of carbonyl (C=O) groups is 2. The molecular formula is C21H33N3O3. The minimum Gasteiger partial charge on any atom is -0.491 e. The number of hydrogen-bond donors (Lipinski definition) is 2. The molecule has 1 saturated heterocycles. The zero-order chi connectivity index (χ0) is 19.8. The van der Waals surface area contributed by atoms with Crippen molar-refractivity contribution in [1.29, 1.82) is 0 Å². The van der Waals surface area contributed by atoms with Crippen molar-refractivity contribution in [2.24, 2.45) is 0 Å². The van der Waals surface area contributed by atoms with Crippen molar-refractivity contribution >= 4 is 11.8 Å². The van der Waals surface area contributed by atoms with Crippen molar-refractivity contribution < 1.29 is 14.3 Å². The highest BCUT2D eigenvalue weighted by atomic mass is 16.5. The molecule has 1 aromatic carbocycles. The summed E-state index contributed by atoms with van der Waals surface area (Å²) in [5.41, 5.74) is 1.15. The quantitative estimate of drug-likeness (QED) is 0.694. The number of likely N-dealkylation sites (tertiary alicyclic amines) is 1. The van der Waals surface area contributed by atoms with Gasteiger partial charge in [0.25, 0.3) is 0 Å². The molecule has 1 heterocycles. The van der Waals surface area contributed by atoms with Gasteiger partial charge in [0.05, 0.1) is 6.10 Å². The number of benzene rings is 1. The maximum Gasteiger partial charge on any atom is 0.221 e. The van der Waals surface area contributed by atoms with Gasteiger partial charge in [0.2, 0.25) is 11.8 Å². The molecule has 0 bridgehead atoms. The van der Waals surface area contributed by atoms with E-state index in [2.05, 4.69) is 21.6 Å². The highest BCUT2D eigenvalue weighted by Gasteiger charge is 2.31. The molecule has 0 aromatic heterocycles. The number of rotatable bonds is 9. The van der Waals surface area contributed by atoms with E-state index in [0.29, 0.717) is 25.6 Å². The third kappa shape index (κ3) is 7.21. The summed E-state index contributed by atoms with van der Waals surface area (Å²) in [7, 11) is 2.04. The van der Waals surface area contributed by atoms with Crippen LogP contribution in [0.3, 0.4) is 0 Å². The van der Waals surface area contributed by atoms with E-state index < -0.39 is 0 Å². The molecule has 1 fully saturated rings. The maximum atomic E-state index is 12.3. The van der Waals surface area contributed by atoms with Gasteiger partial charge in [0.15, 0.2) is 0 Å².